The fraction of sp³-hybridized carbons (Fsp3) is 0. The quantitative estimate of drug-likeness (QED) is 0.580. The second-order valence-electron chi connectivity index (χ2n) is 1.76. The van der Waals surface area contributed by atoms with Crippen molar-refractivity contribution in [2.45, 2.75) is 15.5 Å². The maximum Gasteiger partial charge on any atom is 0.214 e. The zero-order valence-electron chi connectivity index (χ0n) is 5.59. The first kappa shape index (κ1) is 7.55. The van der Waals surface area contributed by atoms with Gasteiger partial charge in [-0.15, -0.1) is 27.9 Å². The van der Waals surface area contributed by atoms with E-state index in [1.54, 1.807) is 0 Å². The minimum atomic E-state index is 0.463. The fourth-order valence-electron chi connectivity index (χ4n) is 0.570. The Morgan fingerprint density at radius 1 is 1.17 bits per heavy atom. The van der Waals surface area contributed by atoms with Crippen molar-refractivity contribution in [3.8, 4) is 0 Å². The molecule has 62 valence electrons. The van der Waals surface area contributed by atoms with Crippen molar-refractivity contribution in [2.75, 3.05) is 0 Å². The number of thiol groups is 1. The third-order valence-electron chi connectivity index (χ3n) is 0.974. The van der Waals surface area contributed by atoms with Crippen molar-refractivity contribution in [1.82, 2.24) is 35.8 Å². The van der Waals surface area contributed by atoms with Gasteiger partial charge in [0, 0.05) is 0 Å². The number of hydrogen-bond acceptors (Lipinski definition) is 7. The lowest BCUT2D eigenvalue weighted by Crippen LogP contribution is -1.78. The lowest BCUT2D eigenvalue weighted by Gasteiger charge is -1.85. The van der Waals surface area contributed by atoms with Crippen LogP contribution in [0.3, 0.4) is 0 Å². The highest BCUT2D eigenvalue weighted by Gasteiger charge is 2.04. The minimum Gasteiger partial charge on any atom is -0.311 e. The summed E-state index contributed by atoms with van der Waals surface area (Å²) in [5, 5.41) is 22.1. The molecule has 0 atom stereocenters. The molecule has 2 aromatic rings. The van der Waals surface area contributed by atoms with Gasteiger partial charge in [0.1, 0.15) is 0 Å². The highest BCUT2D eigenvalue weighted by molar-refractivity contribution is 7.99. The first-order valence-corrected chi connectivity index (χ1v) is 4.14. The molecule has 0 saturated carbocycles. The van der Waals surface area contributed by atoms with Crippen LogP contribution in [0.5, 0.6) is 0 Å². The highest BCUT2D eigenvalue weighted by Crippen LogP contribution is 2.19. The lowest BCUT2D eigenvalue weighted by molar-refractivity contribution is 0.881. The van der Waals surface area contributed by atoms with Crippen LogP contribution in [0.4, 0.5) is 0 Å². The summed E-state index contributed by atoms with van der Waals surface area (Å²) in [4.78, 5) is 2.80. The first-order chi connectivity index (χ1) is 5.84. The van der Waals surface area contributed by atoms with Crippen molar-refractivity contribution in [1.29, 1.82) is 0 Å². The predicted octanol–water partition coefficient (Wildman–Crippen LogP) is -0.242. The van der Waals surface area contributed by atoms with Crippen molar-refractivity contribution >= 4 is 24.4 Å². The number of nitrogens with one attached hydrogen (secondary N) is 2. The molecule has 2 heterocycles. The minimum absolute atomic E-state index is 0.463. The van der Waals surface area contributed by atoms with E-state index in [1.807, 2.05) is 0 Å². The van der Waals surface area contributed by atoms with Gasteiger partial charge in [-0.1, -0.05) is 0 Å². The van der Waals surface area contributed by atoms with Gasteiger partial charge in [0.2, 0.25) is 5.16 Å². The maximum atomic E-state index is 3.95. The van der Waals surface area contributed by atoms with Crippen LogP contribution in [-0.2, 0) is 0 Å². The van der Waals surface area contributed by atoms with Gasteiger partial charge in [0.15, 0.2) is 10.3 Å². The van der Waals surface area contributed by atoms with Crippen LogP contribution in [0.25, 0.3) is 0 Å². The molecule has 0 amide bonds. The van der Waals surface area contributed by atoms with Crippen molar-refractivity contribution in [3.63, 3.8) is 0 Å². The average Bonchev–Trinajstić information content (AvgIpc) is 2.63. The van der Waals surface area contributed by atoms with Crippen LogP contribution < -0.4 is 0 Å². The fourth-order valence-corrected chi connectivity index (χ4v) is 1.37. The summed E-state index contributed by atoms with van der Waals surface area (Å²) in [7, 11) is 0. The zero-order chi connectivity index (χ0) is 8.39. The number of aromatic amines is 2. The van der Waals surface area contributed by atoms with Crippen LogP contribution in [-0.4, -0.2) is 35.8 Å². The standard InChI is InChI=1S/C3H3N7S2/c11-1-4-2(6-5-1)12-3-7-9-10-8-3/h(H2,4,5,6,11)(H,7,8,9,10). The van der Waals surface area contributed by atoms with E-state index >= 15 is 0 Å². The Bertz CT molecular complexity index is 352. The summed E-state index contributed by atoms with van der Waals surface area (Å²) in [5.74, 6) is 0. The van der Waals surface area contributed by atoms with Crippen LogP contribution in [0.15, 0.2) is 15.5 Å². The van der Waals surface area contributed by atoms with Crippen LogP contribution in [0.2, 0.25) is 0 Å². The molecule has 0 bridgehead atoms. The van der Waals surface area contributed by atoms with Crippen LogP contribution >= 0.6 is 24.4 Å². The summed E-state index contributed by atoms with van der Waals surface area (Å²) in [6.45, 7) is 0. The van der Waals surface area contributed by atoms with E-state index in [9.17, 15) is 0 Å². The highest BCUT2D eigenvalue weighted by atomic mass is 32.2. The summed E-state index contributed by atoms with van der Waals surface area (Å²) in [6.07, 6.45) is 0. The third-order valence-corrected chi connectivity index (χ3v) is 1.92. The topological polar surface area (TPSA) is 96.0 Å². The van der Waals surface area contributed by atoms with E-state index in [2.05, 4.69) is 48.4 Å². The second kappa shape index (κ2) is 3.11. The molecule has 7 nitrogen and oxygen atoms in total. The Morgan fingerprint density at radius 2 is 2.08 bits per heavy atom. The van der Waals surface area contributed by atoms with E-state index in [1.165, 1.54) is 11.8 Å². The second-order valence-corrected chi connectivity index (χ2v) is 3.16. The summed E-state index contributed by atoms with van der Waals surface area (Å²) >= 11 is 5.20. The van der Waals surface area contributed by atoms with Crippen molar-refractivity contribution in [3.05, 3.63) is 0 Å². The van der Waals surface area contributed by atoms with Gasteiger partial charge in [-0.05, 0) is 22.2 Å². The molecule has 2 rings (SSSR count). The lowest BCUT2D eigenvalue weighted by atomic mass is 11.3. The molecule has 0 fully saturated rings. The molecule has 0 aromatic carbocycles. The summed E-state index contributed by atoms with van der Waals surface area (Å²) in [6, 6.07) is 0. The molecular formula is C3H3N7S2. The van der Waals surface area contributed by atoms with E-state index in [0.29, 0.717) is 15.5 Å². The Hall–Kier alpha value is -1.09. The Labute approximate surface area is 76.2 Å². The van der Waals surface area contributed by atoms with E-state index in [-0.39, 0.29) is 0 Å². The molecule has 0 aliphatic heterocycles. The van der Waals surface area contributed by atoms with Crippen LogP contribution in [0, 0.1) is 0 Å². The summed E-state index contributed by atoms with van der Waals surface area (Å²) < 4.78 is 0. The van der Waals surface area contributed by atoms with E-state index in [0.717, 1.165) is 0 Å². The van der Waals surface area contributed by atoms with Gasteiger partial charge in [-0.3, -0.25) is 0 Å². The number of aromatic nitrogens is 7. The van der Waals surface area contributed by atoms with Gasteiger partial charge in [-0.25, -0.2) is 5.10 Å². The van der Waals surface area contributed by atoms with Gasteiger partial charge in [0.25, 0.3) is 0 Å². The molecule has 2 aromatic heterocycles. The maximum absolute atomic E-state index is 3.95. The van der Waals surface area contributed by atoms with Gasteiger partial charge in [0.05, 0.1) is 0 Å². The Morgan fingerprint density at radius 3 is 2.67 bits per heavy atom. The summed E-state index contributed by atoms with van der Waals surface area (Å²) in [5.41, 5.74) is 0. The number of hydrogen-bond donors (Lipinski definition) is 3. The molecular weight excluding hydrogens is 198 g/mol. The number of H-pyrrole nitrogens is 2. The number of nitrogens with zero attached hydrogens (tertiary/aromatic N) is 5. The van der Waals surface area contributed by atoms with Crippen molar-refractivity contribution < 1.29 is 0 Å². The largest absolute Gasteiger partial charge is 0.311 e. The van der Waals surface area contributed by atoms with Gasteiger partial charge >= 0.3 is 0 Å². The van der Waals surface area contributed by atoms with Gasteiger partial charge in [-0.2, -0.15) is 0 Å². The molecule has 0 radical (unpaired) electrons. The van der Waals surface area contributed by atoms with Crippen molar-refractivity contribution in [2.24, 2.45) is 0 Å². The van der Waals surface area contributed by atoms with Crippen LogP contribution in [0.1, 0.15) is 0 Å². The molecule has 0 spiro atoms. The number of rotatable bonds is 2. The molecule has 0 aliphatic rings. The molecule has 2 N–H and O–H groups in total. The molecule has 9 heteroatoms. The van der Waals surface area contributed by atoms with E-state index in [4.69, 9.17) is 0 Å². The van der Waals surface area contributed by atoms with Gasteiger partial charge < -0.3 is 4.98 Å². The normalized spacial score (nSPS) is 10.4. The Balaban J connectivity index is 2.14. The van der Waals surface area contributed by atoms with E-state index < -0.39 is 0 Å². The SMILES string of the molecule is Sc1nnc(Sc2nnn[nH]2)[nH]1. The number of tetrazole rings is 1. The third kappa shape index (κ3) is 1.56. The smallest absolute Gasteiger partial charge is 0.214 e. The molecule has 0 saturated heterocycles. The molecule has 0 aliphatic carbocycles. The zero-order valence-corrected chi connectivity index (χ0v) is 7.30. The first-order valence-electron chi connectivity index (χ1n) is 2.88. The molecule has 12 heavy (non-hydrogen) atoms. The predicted molar refractivity (Wildman–Crippen MR) is 41.9 cm³/mol. The monoisotopic (exact) mass is 201 g/mol. The Kier molecular flexibility index (Phi) is 1.96. The average molecular weight is 201 g/mol. The molecule has 0 unspecified atom stereocenters.